The zero-order valence-corrected chi connectivity index (χ0v) is 11.9. The fourth-order valence-electron chi connectivity index (χ4n) is 1.89. The first kappa shape index (κ1) is 13.7. The van der Waals surface area contributed by atoms with E-state index < -0.39 is 0 Å². The van der Waals surface area contributed by atoms with Gasteiger partial charge in [0, 0.05) is 37.0 Å². The number of benzene rings is 1. The standard InChI is InChI=1S/C16H21N3/c1-12(2)17-9-15-10-18-16(19-11-15)8-14-6-4-5-13(3)7-14/h4-7,10-12,17H,8-9H2,1-3H3. The molecule has 0 atom stereocenters. The molecule has 0 aliphatic heterocycles. The van der Waals surface area contributed by atoms with E-state index in [0.717, 1.165) is 24.4 Å². The van der Waals surface area contributed by atoms with Crippen molar-refractivity contribution >= 4 is 0 Å². The Hall–Kier alpha value is -1.74. The smallest absolute Gasteiger partial charge is 0.132 e. The molecule has 0 unspecified atom stereocenters. The molecule has 0 aliphatic rings. The van der Waals surface area contributed by atoms with Crippen LogP contribution in [0.1, 0.15) is 36.4 Å². The number of hydrogen-bond donors (Lipinski definition) is 1. The van der Waals surface area contributed by atoms with Crippen molar-refractivity contribution in [2.45, 2.75) is 39.8 Å². The van der Waals surface area contributed by atoms with E-state index >= 15 is 0 Å². The Balaban J connectivity index is 1.98. The highest BCUT2D eigenvalue weighted by atomic mass is 14.9. The van der Waals surface area contributed by atoms with Crippen LogP contribution in [0.5, 0.6) is 0 Å². The third-order valence-corrected chi connectivity index (χ3v) is 2.92. The number of aryl methyl sites for hydroxylation is 1. The molecule has 1 N–H and O–H groups in total. The lowest BCUT2D eigenvalue weighted by atomic mass is 10.1. The second-order valence-electron chi connectivity index (χ2n) is 5.21. The summed E-state index contributed by atoms with van der Waals surface area (Å²) in [6, 6.07) is 8.95. The molecule has 0 aliphatic carbocycles. The van der Waals surface area contributed by atoms with Gasteiger partial charge in [-0.2, -0.15) is 0 Å². The molecule has 0 spiro atoms. The molecule has 3 heteroatoms. The van der Waals surface area contributed by atoms with E-state index in [4.69, 9.17) is 0 Å². The summed E-state index contributed by atoms with van der Waals surface area (Å²) in [6.45, 7) is 7.19. The van der Waals surface area contributed by atoms with Crippen molar-refractivity contribution < 1.29 is 0 Å². The number of rotatable bonds is 5. The molecule has 1 aromatic heterocycles. The Morgan fingerprint density at radius 1 is 1.11 bits per heavy atom. The van der Waals surface area contributed by atoms with Gasteiger partial charge in [-0.1, -0.05) is 43.7 Å². The Morgan fingerprint density at radius 2 is 1.84 bits per heavy atom. The topological polar surface area (TPSA) is 37.8 Å². The summed E-state index contributed by atoms with van der Waals surface area (Å²) < 4.78 is 0. The average Bonchev–Trinajstić information content (AvgIpc) is 2.38. The molecule has 19 heavy (non-hydrogen) atoms. The summed E-state index contributed by atoms with van der Waals surface area (Å²) >= 11 is 0. The second kappa shape index (κ2) is 6.43. The molecule has 100 valence electrons. The normalized spacial score (nSPS) is 10.9. The highest BCUT2D eigenvalue weighted by Crippen LogP contribution is 2.08. The summed E-state index contributed by atoms with van der Waals surface area (Å²) in [6.07, 6.45) is 4.61. The van der Waals surface area contributed by atoms with E-state index in [0.29, 0.717) is 6.04 Å². The first-order valence-corrected chi connectivity index (χ1v) is 6.72. The van der Waals surface area contributed by atoms with Gasteiger partial charge in [0.05, 0.1) is 0 Å². The average molecular weight is 255 g/mol. The van der Waals surface area contributed by atoms with Crippen LogP contribution in [0.3, 0.4) is 0 Å². The van der Waals surface area contributed by atoms with Gasteiger partial charge in [-0.05, 0) is 12.5 Å². The van der Waals surface area contributed by atoms with Gasteiger partial charge in [0.15, 0.2) is 0 Å². The maximum Gasteiger partial charge on any atom is 0.132 e. The Bertz CT molecular complexity index is 518. The van der Waals surface area contributed by atoms with Crippen molar-refractivity contribution in [1.29, 1.82) is 0 Å². The molecule has 0 amide bonds. The molecule has 2 aromatic rings. The molecular weight excluding hydrogens is 234 g/mol. The quantitative estimate of drug-likeness (QED) is 0.892. The van der Waals surface area contributed by atoms with E-state index in [1.807, 2.05) is 12.4 Å². The maximum absolute atomic E-state index is 4.43. The third kappa shape index (κ3) is 4.45. The maximum atomic E-state index is 4.43. The Labute approximate surface area is 115 Å². The second-order valence-corrected chi connectivity index (χ2v) is 5.21. The lowest BCUT2D eigenvalue weighted by molar-refractivity contribution is 0.586. The molecular formula is C16H21N3. The number of nitrogens with one attached hydrogen (secondary N) is 1. The fraction of sp³-hybridized carbons (Fsp3) is 0.375. The lowest BCUT2D eigenvalue weighted by Gasteiger charge is -2.08. The predicted octanol–water partition coefficient (Wildman–Crippen LogP) is 2.87. The Kier molecular flexibility index (Phi) is 4.63. The number of aromatic nitrogens is 2. The van der Waals surface area contributed by atoms with Crippen LogP contribution in [0.4, 0.5) is 0 Å². The first-order chi connectivity index (χ1) is 9.13. The third-order valence-electron chi connectivity index (χ3n) is 2.92. The fourth-order valence-corrected chi connectivity index (χ4v) is 1.89. The van der Waals surface area contributed by atoms with Gasteiger partial charge < -0.3 is 5.32 Å². The van der Waals surface area contributed by atoms with Crippen molar-refractivity contribution in [2.24, 2.45) is 0 Å². The van der Waals surface area contributed by atoms with Gasteiger partial charge in [-0.3, -0.25) is 0 Å². The highest BCUT2D eigenvalue weighted by Gasteiger charge is 2.01. The van der Waals surface area contributed by atoms with Crippen LogP contribution in [0.25, 0.3) is 0 Å². The summed E-state index contributed by atoms with van der Waals surface area (Å²) in [5.74, 6) is 0.874. The van der Waals surface area contributed by atoms with E-state index in [-0.39, 0.29) is 0 Å². The summed E-state index contributed by atoms with van der Waals surface area (Å²) in [5.41, 5.74) is 3.66. The zero-order chi connectivity index (χ0) is 13.7. The first-order valence-electron chi connectivity index (χ1n) is 6.72. The predicted molar refractivity (Wildman–Crippen MR) is 78.0 cm³/mol. The molecule has 0 saturated heterocycles. The largest absolute Gasteiger partial charge is 0.310 e. The minimum absolute atomic E-state index is 0.479. The van der Waals surface area contributed by atoms with Gasteiger partial charge in [-0.15, -0.1) is 0 Å². The van der Waals surface area contributed by atoms with Crippen molar-refractivity contribution in [3.8, 4) is 0 Å². The molecule has 3 nitrogen and oxygen atoms in total. The van der Waals surface area contributed by atoms with Gasteiger partial charge >= 0.3 is 0 Å². The molecule has 0 radical (unpaired) electrons. The molecule has 0 bridgehead atoms. The van der Waals surface area contributed by atoms with Crippen molar-refractivity contribution in [3.05, 3.63) is 59.2 Å². The van der Waals surface area contributed by atoms with Crippen LogP contribution in [0.15, 0.2) is 36.7 Å². The van der Waals surface area contributed by atoms with Crippen molar-refractivity contribution in [1.82, 2.24) is 15.3 Å². The van der Waals surface area contributed by atoms with Gasteiger partial charge in [0.1, 0.15) is 5.82 Å². The molecule has 2 rings (SSSR count). The van der Waals surface area contributed by atoms with Crippen LogP contribution < -0.4 is 5.32 Å². The summed E-state index contributed by atoms with van der Waals surface area (Å²) in [7, 11) is 0. The minimum atomic E-state index is 0.479. The SMILES string of the molecule is Cc1cccc(Cc2ncc(CNC(C)C)cn2)c1. The molecule has 1 aromatic carbocycles. The lowest BCUT2D eigenvalue weighted by Crippen LogP contribution is -2.22. The summed E-state index contributed by atoms with van der Waals surface area (Å²) in [4.78, 5) is 8.86. The van der Waals surface area contributed by atoms with Crippen LogP contribution in [0.2, 0.25) is 0 Å². The van der Waals surface area contributed by atoms with Crippen LogP contribution in [-0.2, 0) is 13.0 Å². The van der Waals surface area contributed by atoms with Crippen molar-refractivity contribution in [2.75, 3.05) is 0 Å². The summed E-state index contributed by atoms with van der Waals surface area (Å²) in [5, 5.41) is 3.36. The van der Waals surface area contributed by atoms with Gasteiger partial charge in [0.25, 0.3) is 0 Å². The zero-order valence-electron chi connectivity index (χ0n) is 11.9. The van der Waals surface area contributed by atoms with E-state index in [1.54, 1.807) is 0 Å². The highest BCUT2D eigenvalue weighted by molar-refractivity contribution is 5.24. The monoisotopic (exact) mass is 255 g/mol. The van der Waals surface area contributed by atoms with E-state index in [9.17, 15) is 0 Å². The van der Waals surface area contributed by atoms with Gasteiger partial charge in [-0.25, -0.2) is 9.97 Å². The van der Waals surface area contributed by atoms with Crippen molar-refractivity contribution in [3.63, 3.8) is 0 Å². The van der Waals surface area contributed by atoms with Crippen LogP contribution >= 0.6 is 0 Å². The van der Waals surface area contributed by atoms with Crippen LogP contribution in [-0.4, -0.2) is 16.0 Å². The molecule has 0 saturated carbocycles. The number of nitrogens with zero attached hydrogens (tertiary/aromatic N) is 2. The molecule has 1 heterocycles. The Morgan fingerprint density at radius 3 is 2.47 bits per heavy atom. The minimum Gasteiger partial charge on any atom is -0.310 e. The van der Waals surface area contributed by atoms with Gasteiger partial charge in [0.2, 0.25) is 0 Å². The van der Waals surface area contributed by atoms with E-state index in [1.165, 1.54) is 11.1 Å². The van der Waals surface area contributed by atoms with Crippen LogP contribution in [0, 0.1) is 6.92 Å². The molecule has 0 fully saturated rings. The van der Waals surface area contributed by atoms with E-state index in [2.05, 4.69) is 60.3 Å². The number of hydrogen-bond acceptors (Lipinski definition) is 3.